The largest absolute Gasteiger partial charge is 0.355 e. The molecule has 0 fully saturated rings. The van der Waals surface area contributed by atoms with Gasteiger partial charge in [-0.05, 0) is 98.0 Å². The van der Waals surface area contributed by atoms with Gasteiger partial charge in [0, 0.05) is 56.3 Å². The highest BCUT2D eigenvalue weighted by Crippen LogP contribution is 2.41. The minimum Gasteiger partial charge on any atom is -0.355 e. The summed E-state index contributed by atoms with van der Waals surface area (Å²) >= 11 is 0. The molecule has 0 saturated carbocycles. The second-order valence-corrected chi connectivity index (χ2v) is 14.1. The van der Waals surface area contributed by atoms with E-state index in [2.05, 4.69) is 161 Å². The van der Waals surface area contributed by atoms with Crippen molar-refractivity contribution in [2.45, 2.75) is 53.4 Å². The molecule has 0 amide bonds. The Morgan fingerprint density at radius 1 is 0.542 bits per heavy atom. The highest BCUT2D eigenvalue weighted by molar-refractivity contribution is 5.97. The summed E-state index contributed by atoms with van der Waals surface area (Å²) in [6, 6.07) is 35.0. The number of H-pyrrole nitrogens is 2. The van der Waals surface area contributed by atoms with Gasteiger partial charge in [0.15, 0.2) is 0 Å². The van der Waals surface area contributed by atoms with Crippen molar-refractivity contribution in [2.75, 3.05) is 0 Å². The van der Waals surface area contributed by atoms with Gasteiger partial charge in [0.05, 0.1) is 17.1 Å². The number of rotatable bonds is 3. The lowest BCUT2D eigenvalue weighted by Crippen LogP contribution is -2.16. The van der Waals surface area contributed by atoms with Crippen LogP contribution in [0.25, 0.3) is 67.6 Å². The number of aromatic amines is 2. The summed E-state index contributed by atoms with van der Waals surface area (Å²) in [6.07, 6.45) is 5.20. The first kappa shape index (κ1) is 29.9. The van der Waals surface area contributed by atoms with Gasteiger partial charge >= 0.3 is 0 Å². The topological polar surface area (TPSA) is 57.4 Å². The molecule has 0 radical (unpaired) electrons. The number of hydrogen-bond donors (Lipinski definition) is 2. The van der Waals surface area contributed by atoms with Crippen molar-refractivity contribution in [1.82, 2.24) is 19.9 Å². The molecule has 2 aliphatic rings. The second-order valence-electron chi connectivity index (χ2n) is 14.1. The quantitative estimate of drug-likeness (QED) is 0.205. The van der Waals surface area contributed by atoms with Crippen LogP contribution in [-0.2, 0) is 11.8 Å². The Hall–Kier alpha value is -5.48. The third-order valence-electron chi connectivity index (χ3n) is 9.76. The average Bonchev–Trinajstić information content (AvgIpc) is 3.86. The van der Waals surface area contributed by atoms with Crippen LogP contribution in [-0.4, -0.2) is 19.9 Å². The molecule has 48 heavy (non-hydrogen) atoms. The summed E-state index contributed by atoms with van der Waals surface area (Å²) in [5.41, 5.74) is 19.8. The monoisotopic (exact) mass is 624 g/mol. The van der Waals surface area contributed by atoms with Gasteiger partial charge < -0.3 is 9.97 Å². The van der Waals surface area contributed by atoms with Gasteiger partial charge in [-0.15, -0.1) is 0 Å². The minimum atomic E-state index is -0.162. The highest BCUT2D eigenvalue weighted by Gasteiger charge is 2.32. The number of aromatic nitrogens is 4. The number of fused-ring (bicyclic) bond motifs is 8. The number of nitrogens with one attached hydrogen (secondary N) is 2. The predicted molar refractivity (Wildman–Crippen MR) is 202 cm³/mol. The van der Waals surface area contributed by atoms with Crippen molar-refractivity contribution in [2.24, 2.45) is 0 Å². The SMILES string of the molecule is Cc1ccc(-c2c3nc(c(-c4c(C)cc(C)cc4C)c4ccc(cc5nc(c(-c6ccccc6)c6ccc2[nH]6)C(C)(C)C5)[nH]4)C=C3)cc1. The van der Waals surface area contributed by atoms with Gasteiger partial charge in [-0.3, -0.25) is 4.98 Å². The molecule has 6 aromatic rings. The summed E-state index contributed by atoms with van der Waals surface area (Å²) in [5, 5.41) is 0. The van der Waals surface area contributed by atoms with Crippen molar-refractivity contribution in [3.63, 3.8) is 0 Å². The minimum absolute atomic E-state index is 0.162. The van der Waals surface area contributed by atoms with Crippen LogP contribution in [0.15, 0.2) is 97.1 Å². The maximum atomic E-state index is 5.43. The molecule has 0 saturated heterocycles. The normalized spacial score (nSPS) is 13.6. The van der Waals surface area contributed by atoms with E-state index in [0.29, 0.717) is 0 Å². The third kappa shape index (κ3) is 5.18. The van der Waals surface area contributed by atoms with E-state index in [0.717, 1.165) is 79.1 Å². The Balaban J connectivity index is 1.57. The summed E-state index contributed by atoms with van der Waals surface area (Å²) in [7, 11) is 0. The van der Waals surface area contributed by atoms with Crippen molar-refractivity contribution in [1.29, 1.82) is 0 Å². The average molecular weight is 625 g/mol. The lowest BCUT2D eigenvalue weighted by Gasteiger charge is -2.19. The predicted octanol–water partition coefficient (Wildman–Crippen LogP) is 11.2. The first-order valence-corrected chi connectivity index (χ1v) is 16.8. The zero-order valence-corrected chi connectivity index (χ0v) is 28.5. The molecule has 8 bridgehead atoms. The van der Waals surface area contributed by atoms with E-state index in [-0.39, 0.29) is 5.41 Å². The Bertz CT molecular complexity index is 2400. The van der Waals surface area contributed by atoms with Gasteiger partial charge in [-0.2, -0.15) is 0 Å². The number of aryl methyl sites for hydroxylation is 4. The first-order chi connectivity index (χ1) is 23.1. The molecule has 2 N–H and O–H groups in total. The van der Waals surface area contributed by atoms with Gasteiger partial charge in [0.1, 0.15) is 0 Å². The fourth-order valence-corrected chi connectivity index (χ4v) is 7.66. The van der Waals surface area contributed by atoms with E-state index >= 15 is 0 Å². The smallest absolute Gasteiger partial charge is 0.0737 e. The molecule has 4 nitrogen and oxygen atoms in total. The van der Waals surface area contributed by atoms with Crippen LogP contribution < -0.4 is 0 Å². The fraction of sp³-hybridized carbons (Fsp3) is 0.182. The van der Waals surface area contributed by atoms with Crippen molar-refractivity contribution in [3.05, 3.63) is 142 Å². The number of nitrogens with zero attached hydrogens (tertiary/aromatic N) is 2. The summed E-state index contributed by atoms with van der Waals surface area (Å²) in [5.74, 6) is 0. The zero-order valence-electron chi connectivity index (χ0n) is 28.5. The zero-order chi connectivity index (χ0) is 33.2. The van der Waals surface area contributed by atoms with E-state index in [4.69, 9.17) is 9.97 Å². The second kappa shape index (κ2) is 11.3. The van der Waals surface area contributed by atoms with E-state index in [9.17, 15) is 0 Å². The molecule has 0 aliphatic carbocycles. The van der Waals surface area contributed by atoms with E-state index in [1.54, 1.807) is 0 Å². The van der Waals surface area contributed by atoms with Crippen LogP contribution in [0.4, 0.5) is 0 Å². The van der Waals surface area contributed by atoms with Crippen LogP contribution in [0.5, 0.6) is 0 Å². The van der Waals surface area contributed by atoms with Crippen LogP contribution in [0.2, 0.25) is 0 Å². The molecule has 3 aromatic carbocycles. The Morgan fingerprint density at radius 2 is 1.15 bits per heavy atom. The molecular weight excluding hydrogens is 585 g/mol. The molecule has 0 atom stereocenters. The van der Waals surface area contributed by atoms with Crippen LogP contribution in [0.1, 0.15) is 58.9 Å². The molecule has 2 aliphatic heterocycles. The first-order valence-electron chi connectivity index (χ1n) is 16.8. The standard InChI is InChI=1S/C44H40N4/c1-26-12-14-31(15-13-26)40-34-18-20-36(47-34)41(30-10-8-7-9-11-30)43-44(5,6)25-33(46-43)24-32-16-17-37(45-32)42(38-21-19-35(40)48-38)39-28(3)22-27(2)23-29(39)4/h7-24,45,47H,25H2,1-6H3. The van der Waals surface area contributed by atoms with Crippen LogP contribution in [0.3, 0.4) is 0 Å². The molecule has 8 rings (SSSR count). The lowest BCUT2D eigenvalue weighted by atomic mass is 9.83. The van der Waals surface area contributed by atoms with E-state index in [1.165, 1.54) is 27.8 Å². The number of benzene rings is 3. The van der Waals surface area contributed by atoms with Crippen LogP contribution >= 0.6 is 0 Å². The van der Waals surface area contributed by atoms with Crippen molar-refractivity contribution < 1.29 is 0 Å². The Kier molecular flexibility index (Phi) is 7.06. The molecule has 4 heteroatoms. The molecule has 5 heterocycles. The summed E-state index contributed by atoms with van der Waals surface area (Å²) in [4.78, 5) is 18.5. The third-order valence-corrected chi connectivity index (χ3v) is 9.76. The van der Waals surface area contributed by atoms with Gasteiger partial charge in [0.2, 0.25) is 0 Å². The Labute approximate surface area is 282 Å². The molecular formula is C44H40N4. The van der Waals surface area contributed by atoms with Gasteiger partial charge in [-0.1, -0.05) is 91.7 Å². The summed E-state index contributed by atoms with van der Waals surface area (Å²) in [6.45, 7) is 13.3. The highest BCUT2D eigenvalue weighted by atomic mass is 14.8. The fourth-order valence-electron chi connectivity index (χ4n) is 7.66. The molecule has 3 aromatic heterocycles. The van der Waals surface area contributed by atoms with Crippen molar-refractivity contribution in [3.8, 4) is 33.4 Å². The maximum Gasteiger partial charge on any atom is 0.0737 e. The van der Waals surface area contributed by atoms with Crippen LogP contribution in [0, 0.1) is 27.7 Å². The van der Waals surface area contributed by atoms with E-state index in [1.807, 2.05) is 0 Å². The number of hydrogen-bond acceptors (Lipinski definition) is 2. The summed E-state index contributed by atoms with van der Waals surface area (Å²) < 4.78 is 0. The van der Waals surface area contributed by atoms with Gasteiger partial charge in [0.25, 0.3) is 0 Å². The van der Waals surface area contributed by atoms with E-state index < -0.39 is 0 Å². The van der Waals surface area contributed by atoms with Gasteiger partial charge in [-0.25, -0.2) is 4.98 Å². The molecule has 236 valence electrons. The Morgan fingerprint density at radius 3 is 1.85 bits per heavy atom. The molecule has 0 unspecified atom stereocenters. The lowest BCUT2D eigenvalue weighted by molar-refractivity contribution is 0.545. The maximum absolute atomic E-state index is 5.43. The van der Waals surface area contributed by atoms with Crippen molar-refractivity contribution >= 4 is 34.2 Å². The molecule has 0 spiro atoms.